The number of rotatable bonds is 3. The molecular formula is C11H14N2O3S. The third-order valence-electron chi connectivity index (χ3n) is 2.77. The average Bonchev–Trinajstić information content (AvgIpc) is 2.33. The van der Waals surface area contributed by atoms with Gasteiger partial charge in [-0.3, -0.25) is 15.0 Å². The fourth-order valence-corrected chi connectivity index (χ4v) is 2.79. The van der Waals surface area contributed by atoms with Gasteiger partial charge in [-0.25, -0.2) is 0 Å². The molecule has 5 nitrogen and oxygen atoms in total. The van der Waals surface area contributed by atoms with Crippen LogP contribution in [0.25, 0.3) is 0 Å². The molecule has 0 bridgehead atoms. The Morgan fingerprint density at radius 1 is 1.41 bits per heavy atom. The Morgan fingerprint density at radius 3 is 2.76 bits per heavy atom. The van der Waals surface area contributed by atoms with Gasteiger partial charge in [0, 0.05) is 48.8 Å². The van der Waals surface area contributed by atoms with Crippen molar-refractivity contribution < 1.29 is 10.0 Å². The minimum Gasteiger partial charge on any atom is -0.508 e. The fraction of sp³-hybridized carbons (Fsp3) is 0.455. The Labute approximate surface area is 104 Å². The van der Waals surface area contributed by atoms with E-state index in [0.29, 0.717) is 12.1 Å². The third kappa shape index (κ3) is 3.10. The second kappa shape index (κ2) is 5.37. The van der Waals surface area contributed by atoms with Gasteiger partial charge < -0.3 is 5.11 Å². The zero-order valence-corrected chi connectivity index (χ0v) is 10.2. The van der Waals surface area contributed by atoms with Gasteiger partial charge in [-0.05, 0) is 6.07 Å². The van der Waals surface area contributed by atoms with Crippen LogP contribution in [0.5, 0.6) is 5.75 Å². The van der Waals surface area contributed by atoms with E-state index in [1.807, 2.05) is 11.8 Å². The minimum absolute atomic E-state index is 0.0317. The van der Waals surface area contributed by atoms with Gasteiger partial charge >= 0.3 is 0 Å². The van der Waals surface area contributed by atoms with Crippen LogP contribution in [0.4, 0.5) is 5.69 Å². The van der Waals surface area contributed by atoms with Crippen LogP contribution in [0.1, 0.15) is 5.56 Å². The summed E-state index contributed by atoms with van der Waals surface area (Å²) in [5.74, 6) is 2.29. The number of hydrogen-bond acceptors (Lipinski definition) is 5. The van der Waals surface area contributed by atoms with Crippen LogP contribution >= 0.6 is 11.8 Å². The minimum atomic E-state index is -0.436. The molecule has 1 aromatic carbocycles. The first kappa shape index (κ1) is 12.2. The lowest BCUT2D eigenvalue weighted by Crippen LogP contribution is -2.31. The van der Waals surface area contributed by atoms with Crippen molar-refractivity contribution in [1.29, 1.82) is 0 Å². The molecule has 6 heteroatoms. The smallest absolute Gasteiger partial charge is 0.270 e. The highest BCUT2D eigenvalue weighted by Gasteiger charge is 2.15. The molecule has 92 valence electrons. The van der Waals surface area contributed by atoms with E-state index in [4.69, 9.17) is 0 Å². The van der Waals surface area contributed by atoms with Crippen LogP contribution in [0.15, 0.2) is 18.2 Å². The Kier molecular flexibility index (Phi) is 3.86. The number of benzene rings is 1. The lowest BCUT2D eigenvalue weighted by molar-refractivity contribution is -0.385. The van der Waals surface area contributed by atoms with Crippen LogP contribution in [0.2, 0.25) is 0 Å². The van der Waals surface area contributed by atoms with E-state index >= 15 is 0 Å². The maximum absolute atomic E-state index is 10.7. The summed E-state index contributed by atoms with van der Waals surface area (Å²) in [6.45, 7) is 2.51. The predicted octanol–water partition coefficient (Wildman–Crippen LogP) is 1.85. The number of nitro groups is 1. The van der Waals surface area contributed by atoms with Gasteiger partial charge in [-0.2, -0.15) is 11.8 Å². The highest BCUT2D eigenvalue weighted by atomic mass is 32.2. The van der Waals surface area contributed by atoms with Gasteiger partial charge in [0.15, 0.2) is 0 Å². The zero-order chi connectivity index (χ0) is 12.3. The molecule has 0 spiro atoms. The number of phenolic OH excluding ortho intramolecular Hbond substituents is 1. The van der Waals surface area contributed by atoms with Crippen molar-refractivity contribution in [1.82, 2.24) is 4.90 Å². The quantitative estimate of drug-likeness (QED) is 0.658. The summed E-state index contributed by atoms with van der Waals surface area (Å²) in [6.07, 6.45) is 0. The largest absolute Gasteiger partial charge is 0.508 e. The lowest BCUT2D eigenvalue weighted by Gasteiger charge is -2.26. The molecule has 0 aromatic heterocycles. The van der Waals surface area contributed by atoms with E-state index in [1.165, 1.54) is 18.2 Å². The van der Waals surface area contributed by atoms with Crippen molar-refractivity contribution >= 4 is 17.4 Å². The maximum Gasteiger partial charge on any atom is 0.270 e. The molecule has 1 saturated heterocycles. The molecule has 1 heterocycles. The van der Waals surface area contributed by atoms with E-state index < -0.39 is 4.92 Å². The van der Waals surface area contributed by atoms with Gasteiger partial charge in [0.2, 0.25) is 0 Å². The predicted molar refractivity (Wildman–Crippen MR) is 67.4 cm³/mol. The topological polar surface area (TPSA) is 66.6 Å². The summed E-state index contributed by atoms with van der Waals surface area (Å²) in [5, 5.41) is 20.4. The Hall–Kier alpha value is -1.27. The van der Waals surface area contributed by atoms with Crippen molar-refractivity contribution in [3.8, 4) is 5.75 Å². The van der Waals surface area contributed by atoms with Crippen LogP contribution in [-0.4, -0.2) is 39.5 Å². The number of phenols is 1. The molecule has 1 fully saturated rings. The number of aromatic hydroxyl groups is 1. The Bertz CT molecular complexity index is 419. The van der Waals surface area contributed by atoms with Gasteiger partial charge in [0.1, 0.15) is 5.75 Å². The van der Waals surface area contributed by atoms with Crippen LogP contribution < -0.4 is 0 Å². The molecule has 1 aromatic rings. The molecule has 0 unspecified atom stereocenters. The molecule has 0 aliphatic carbocycles. The highest BCUT2D eigenvalue weighted by Crippen LogP contribution is 2.25. The summed E-state index contributed by atoms with van der Waals surface area (Å²) in [5.41, 5.74) is 0.662. The van der Waals surface area contributed by atoms with E-state index in [-0.39, 0.29) is 11.4 Å². The van der Waals surface area contributed by atoms with Crippen molar-refractivity contribution in [3.63, 3.8) is 0 Å². The number of nitro benzene ring substituents is 1. The van der Waals surface area contributed by atoms with E-state index in [9.17, 15) is 15.2 Å². The first-order chi connectivity index (χ1) is 8.16. The molecule has 1 aliphatic rings. The van der Waals surface area contributed by atoms with Crippen molar-refractivity contribution in [2.75, 3.05) is 24.6 Å². The number of nitrogens with zero attached hydrogens (tertiary/aromatic N) is 2. The fourth-order valence-electron chi connectivity index (χ4n) is 1.81. The normalized spacial score (nSPS) is 16.9. The van der Waals surface area contributed by atoms with Crippen LogP contribution in [0, 0.1) is 10.1 Å². The molecule has 1 N–H and O–H groups in total. The van der Waals surface area contributed by atoms with Gasteiger partial charge in [0.25, 0.3) is 5.69 Å². The standard InChI is InChI=1S/C11H14N2O3S/c14-11-2-1-10(13(15)16)7-9(11)8-12-3-5-17-6-4-12/h1-2,7,14H,3-6,8H2. The van der Waals surface area contributed by atoms with Crippen molar-refractivity contribution in [2.45, 2.75) is 6.54 Å². The van der Waals surface area contributed by atoms with Gasteiger partial charge in [-0.15, -0.1) is 0 Å². The van der Waals surface area contributed by atoms with Crippen molar-refractivity contribution in [3.05, 3.63) is 33.9 Å². The summed E-state index contributed by atoms with van der Waals surface area (Å²) in [7, 11) is 0. The first-order valence-corrected chi connectivity index (χ1v) is 6.58. The number of hydrogen-bond donors (Lipinski definition) is 1. The molecular weight excluding hydrogens is 240 g/mol. The average molecular weight is 254 g/mol. The number of thioether (sulfide) groups is 1. The maximum atomic E-state index is 10.7. The van der Waals surface area contributed by atoms with Crippen molar-refractivity contribution in [2.24, 2.45) is 0 Å². The van der Waals surface area contributed by atoms with Crippen LogP contribution in [-0.2, 0) is 6.54 Å². The monoisotopic (exact) mass is 254 g/mol. The Morgan fingerprint density at radius 2 is 2.12 bits per heavy atom. The zero-order valence-electron chi connectivity index (χ0n) is 9.33. The molecule has 0 amide bonds. The second-order valence-electron chi connectivity index (χ2n) is 3.96. The molecule has 2 rings (SSSR count). The first-order valence-electron chi connectivity index (χ1n) is 5.43. The summed E-state index contributed by atoms with van der Waals surface area (Å²) < 4.78 is 0. The summed E-state index contributed by atoms with van der Waals surface area (Å²) in [6, 6.07) is 4.17. The number of non-ortho nitro benzene ring substituents is 1. The van der Waals surface area contributed by atoms with Crippen LogP contribution in [0.3, 0.4) is 0 Å². The third-order valence-corrected chi connectivity index (χ3v) is 3.71. The second-order valence-corrected chi connectivity index (χ2v) is 5.18. The van der Waals surface area contributed by atoms with E-state index in [0.717, 1.165) is 24.6 Å². The van der Waals surface area contributed by atoms with Gasteiger partial charge in [-0.1, -0.05) is 0 Å². The van der Waals surface area contributed by atoms with Gasteiger partial charge in [0.05, 0.1) is 4.92 Å². The highest BCUT2D eigenvalue weighted by molar-refractivity contribution is 7.99. The molecule has 0 saturated carbocycles. The lowest BCUT2D eigenvalue weighted by atomic mass is 10.1. The summed E-state index contributed by atoms with van der Waals surface area (Å²) >= 11 is 1.91. The molecule has 1 aliphatic heterocycles. The van der Waals surface area contributed by atoms with E-state index in [2.05, 4.69) is 4.90 Å². The summed E-state index contributed by atoms with van der Waals surface area (Å²) in [4.78, 5) is 12.4. The molecule has 0 radical (unpaired) electrons. The Balaban J connectivity index is 2.13. The SMILES string of the molecule is O=[N+]([O-])c1ccc(O)c(CN2CCSCC2)c1. The molecule has 0 atom stereocenters. The molecule has 17 heavy (non-hydrogen) atoms. The van der Waals surface area contributed by atoms with E-state index in [1.54, 1.807) is 0 Å².